The number of furan rings is 1. The molecule has 0 unspecified atom stereocenters. The lowest BCUT2D eigenvalue weighted by Crippen LogP contribution is -1.94. The number of nitrogens with zero attached hydrogens (tertiary/aromatic N) is 1. The molecule has 11 aromatic rings. The van der Waals surface area contributed by atoms with Gasteiger partial charge in [0.25, 0.3) is 0 Å². The summed E-state index contributed by atoms with van der Waals surface area (Å²) in [7, 11) is 0. The standard InChI is InChI=1S/C54H35NO/c1-3-10-36(11-4-1)43-24-29-47-48-30-25-44(37-12-5-2-6-13-37)34-52(48)55(51(47)33-43)46-27-22-40(23-28-46)42-15-9-14-41(32-42)38-18-20-39(21-19-38)45-26-31-50-49-16-7-8-17-53(49)56-54(50)35-45/h1-35H. The lowest BCUT2D eigenvalue weighted by molar-refractivity contribution is 0.669. The third-order valence-corrected chi connectivity index (χ3v) is 11.2. The van der Waals surface area contributed by atoms with Gasteiger partial charge in [0.2, 0.25) is 0 Å². The molecular formula is C54H35NO. The molecule has 2 nitrogen and oxygen atoms in total. The Kier molecular flexibility index (Phi) is 7.53. The van der Waals surface area contributed by atoms with Gasteiger partial charge in [-0.15, -0.1) is 0 Å². The molecule has 0 radical (unpaired) electrons. The van der Waals surface area contributed by atoms with Crippen LogP contribution in [0.15, 0.2) is 217 Å². The van der Waals surface area contributed by atoms with E-state index in [1.54, 1.807) is 0 Å². The molecule has 262 valence electrons. The molecule has 0 aliphatic rings. The minimum Gasteiger partial charge on any atom is -0.456 e. The molecule has 0 fully saturated rings. The maximum Gasteiger partial charge on any atom is 0.136 e. The zero-order chi connectivity index (χ0) is 37.0. The van der Waals surface area contributed by atoms with Gasteiger partial charge in [0.15, 0.2) is 0 Å². The summed E-state index contributed by atoms with van der Waals surface area (Å²) in [6, 6.07) is 76.5. The molecule has 2 heterocycles. The largest absolute Gasteiger partial charge is 0.456 e. The van der Waals surface area contributed by atoms with Crippen molar-refractivity contribution in [2.24, 2.45) is 0 Å². The summed E-state index contributed by atoms with van der Waals surface area (Å²) in [5.41, 5.74) is 17.3. The third-order valence-electron chi connectivity index (χ3n) is 11.2. The van der Waals surface area contributed by atoms with Crippen molar-refractivity contribution in [2.45, 2.75) is 0 Å². The lowest BCUT2D eigenvalue weighted by Gasteiger charge is -2.12. The summed E-state index contributed by atoms with van der Waals surface area (Å²) in [5, 5.41) is 4.80. The van der Waals surface area contributed by atoms with E-state index in [0.29, 0.717) is 0 Å². The van der Waals surface area contributed by atoms with Crippen molar-refractivity contribution in [1.82, 2.24) is 4.57 Å². The van der Waals surface area contributed by atoms with E-state index in [1.165, 1.54) is 71.9 Å². The molecule has 2 aromatic heterocycles. The van der Waals surface area contributed by atoms with Crippen LogP contribution in [0.5, 0.6) is 0 Å². The first-order valence-corrected chi connectivity index (χ1v) is 19.2. The fraction of sp³-hybridized carbons (Fsp3) is 0. The van der Waals surface area contributed by atoms with Gasteiger partial charge in [-0.2, -0.15) is 0 Å². The van der Waals surface area contributed by atoms with Crippen molar-refractivity contribution in [3.05, 3.63) is 212 Å². The summed E-state index contributed by atoms with van der Waals surface area (Å²) in [6.45, 7) is 0. The zero-order valence-electron chi connectivity index (χ0n) is 30.6. The maximum absolute atomic E-state index is 6.17. The topological polar surface area (TPSA) is 18.1 Å². The van der Waals surface area contributed by atoms with Crippen LogP contribution in [0.1, 0.15) is 0 Å². The van der Waals surface area contributed by atoms with Gasteiger partial charge in [0, 0.05) is 27.2 Å². The lowest BCUT2D eigenvalue weighted by atomic mass is 9.97. The van der Waals surface area contributed by atoms with E-state index in [1.807, 2.05) is 12.1 Å². The highest BCUT2D eigenvalue weighted by atomic mass is 16.3. The van der Waals surface area contributed by atoms with Gasteiger partial charge in [0.1, 0.15) is 11.2 Å². The highest BCUT2D eigenvalue weighted by Crippen LogP contribution is 2.38. The molecule has 0 atom stereocenters. The molecule has 0 aliphatic heterocycles. The van der Waals surface area contributed by atoms with Crippen molar-refractivity contribution >= 4 is 43.7 Å². The fourth-order valence-corrected chi connectivity index (χ4v) is 8.36. The smallest absolute Gasteiger partial charge is 0.136 e. The average molecular weight is 714 g/mol. The molecule has 0 amide bonds. The van der Waals surface area contributed by atoms with Crippen LogP contribution in [0.4, 0.5) is 0 Å². The zero-order valence-corrected chi connectivity index (χ0v) is 30.6. The van der Waals surface area contributed by atoms with Gasteiger partial charge in [0.05, 0.1) is 11.0 Å². The summed E-state index contributed by atoms with van der Waals surface area (Å²) >= 11 is 0. The van der Waals surface area contributed by atoms with Crippen LogP contribution in [0.25, 0.3) is 105 Å². The first-order chi connectivity index (χ1) is 27.7. The molecule has 9 aromatic carbocycles. The van der Waals surface area contributed by atoms with Crippen LogP contribution in [0, 0.1) is 0 Å². The first-order valence-electron chi connectivity index (χ1n) is 19.2. The van der Waals surface area contributed by atoms with Crippen molar-refractivity contribution in [3.8, 4) is 61.3 Å². The molecule has 0 aliphatic carbocycles. The van der Waals surface area contributed by atoms with Gasteiger partial charge >= 0.3 is 0 Å². The molecule has 2 heteroatoms. The van der Waals surface area contributed by atoms with Gasteiger partial charge in [-0.3, -0.25) is 0 Å². The van der Waals surface area contributed by atoms with Crippen molar-refractivity contribution in [3.63, 3.8) is 0 Å². The minimum atomic E-state index is 0.915. The maximum atomic E-state index is 6.17. The Hall–Kier alpha value is -7.42. The molecular weight excluding hydrogens is 679 g/mol. The van der Waals surface area contributed by atoms with Crippen molar-refractivity contribution in [1.29, 1.82) is 0 Å². The van der Waals surface area contributed by atoms with Crippen LogP contribution in [-0.4, -0.2) is 4.57 Å². The van der Waals surface area contributed by atoms with E-state index >= 15 is 0 Å². The number of fused-ring (bicyclic) bond motifs is 6. The van der Waals surface area contributed by atoms with Crippen molar-refractivity contribution in [2.75, 3.05) is 0 Å². The van der Waals surface area contributed by atoms with Gasteiger partial charge in [-0.05, 0) is 104 Å². The predicted molar refractivity (Wildman–Crippen MR) is 235 cm³/mol. The van der Waals surface area contributed by atoms with Crippen LogP contribution >= 0.6 is 0 Å². The molecule has 11 rings (SSSR count). The number of rotatable bonds is 6. The second-order valence-electron chi connectivity index (χ2n) is 14.5. The molecule has 56 heavy (non-hydrogen) atoms. The molecule has 0 N–H and O–H groups in total. The molecule has 0 saturated heterocycles. The monoisotopic (exact) mass is 713 g/mol. The molecule has 0 bridgehead atoms. The van der Waals surface area contributed by atoms with Gasteiger partial charge < -0.3 is 8.98 Å². The predicted octanol–water partition coefficient (Wildman–Crippen LogP) is 15.0. The molecule has 0 spiro atoms. The van der Waals surface area contributed by atoms with Crippen molar-refractivity contribution < 1.29 is 4.42 Å². The average Bonchev–Trinajstić information content (AvgIpc) is 3.82. The summed E-state index contributed by atoms with van der Waals surface area (Å²) in [4.78, 5) is 0. The van der Waals surface area contributed by atoms with E-state index in [9.17, 15) is 0 Å². The second kappa shape index (κ2) is 13.2. The number of aromatic nitrogens is 1. The normalized spacial score (nSPS) is 11.6. The quantitative estimate of drug-likeness (QED) is 0.168. The summed E-state index contributed by atoms with van der Waals surface area (Å²) in [5.74, 6) is 0. The first kappa shape index (κ1) is 32.0. The number of hydrogen-bond acceptors (Lipinski definition) is 1. The van der Waals surface area contributed by atoms with E-state index < -0.39 is 0 Å². The van der Waals surface area contributed by atoms with E-state index in [4.69, 9.17) is 4.42 Å². The highest BCUT2D eigenvalue weighted by molar-refractivity contribution is 6.11. The van der Waals surface area contributed by atoms with Crippen LogP contribution < -0.4 is 0 Å². The van der Waals surface area contributed by atoms with E-state index in [-0.39, 0.29) is 0 Å². The number of para-hydroxylation sites is 1. The third kappa shape index (κ3) is 5.51. The van der Waals surface area contributed by atoms with E-state index in [0.717, 1.165) is 33.2 Å². The Bertz CT molecular complexity index is 3110. The second-order valence-corrected chi connectivity index (χ2v) is 14.5. The van der Waals surface area contributed by atoms with Crippen LogP contribution in [-0.2, 0) is 0 Å². The SMILES string of the molecule is c1ccc(-c2ccc3c4ccc(-c5ccccc5)cc4n(-c4ccc(-c5cccc(-c6ccc(-c7ccc8c(c7)oc7ccccc78)cc6)c5)cc4)c3c2)cc1. The van der Waals surface area contributed by atoms with E-state index in [2.05, 4.69) is 205 Å². The summed E-state index contributed by atoms with van der Waals surface area (Å²) in [6.07, 6.45) is 0. The van der Waals surface area contributed by atoms with Gasteiger partial charge in [-0.25, -0.2) is 0 Å². The number of benzene rings is 9. The fourth-order valence-electron chi connectivity index (χ4n) is 8.36. The molecule has 0 saturated carbocycles. The highest BCUT2D eigenvalue weighted by Gasteiger charge is 2.16. The Labute approximate surface area is 325 Å². The Morgan fingerprint density at radius 1 is 0.250 bits per heavy atom. The van der Waals surface area contributed by atoms with Gasteiger partial charge in [-0.1, -0.05) is 164 Å². The number of hydrogen-bond donors (Lipinski definition) is 0. The van der Waals surface area contributed by atoms with Crippen LogP contribution in [0.3, 0.4) is 0 Å². The minimum absolute atomic E-state index is 0.915. The Morgan fingerprint density at radius 3 is 1.21 bits per heavy atom. The Morgan fingerprint density at radius 2 is 0.643 bits per heavy atom. The summed E-state index contributed by atoms with van der Waals surface area (Å²) < 4.78 is 8.60. The van der Waals surface area contributed by atoms with Crippen LogP contribution in [0.2, 0.25) is 0 Å². The Balaban J connectivity index is 0.941.